The third-order valence-corrected chi connectivity index (χ3v) is 6.43. The molecule has 5 rings (SSSR count). The van der Waals surface area contributed by atoms with Crippen molar-refractivity contribution in [2.45, 2.75) is 38.6 Å². The van der Waals surface area contributed by atoms with Gasteiger partial charge in [0.1, 0.15) is 0 Å². The maximum atomic E-state index is 13.7. The van der Waals surface area contributed by atoms with Crippen LogP contribution < -0.4 is 20.1 Å². The van der Waals surface area contributed by atoms with Crippen molar-refractivity contribution in [2.24, 2.45) is 0 Å². The van der Waals surface area contributed by atoms with Crippen LogP contribution in [0.1, 0.15) is 49.8 Å². The maximum Gasteiger partial charge on any atom is 0.308 e. The number of rotatable bonds is 5. The van der Waals surface area contributed by atoms with E-state index in [1.54, 1.807) is 6.07 Å². The molecule has 2 N–H and O–H groups in total. The van der Waals surface area contributed by atoms with Gasteiger partial charge in [0.25, 0.3) is 0 Å². The molecule has 3 aromatic carbocycles. The van der Waals surface area contributed by atoms with Gasteiger partial charge in [0.05, 0.1) is 24.0 Å². The molecule has 6 heteroatoms. The summed E-state index contributed by atoms with van der Waals surface area (Å²) >= 11 is 0. The zero-order valence-corrected chi connectivity index (χ0v) is 19.8. The highest BCUT2D eigenvalue weighted by Gasteiger charge is 2.36. The Morgan fingerprint density at radius 3 is 2.40 bits per heavy atom. The third kappa shape index (κ3) is 4.64. The van der Waals surface area contributed by atoms with Crippen molar-refractivity contribution in [2.75, 3.05) is 17.2 Å². The molecule has 0 saturated carbocycles. The van der Waals surface area contributed by atoms with Crippen LogP contribution in [0.15, 0.2) is 84.1 Å². The van der Waals surface area contributed by atoms with Gasteiger partial charge in [0.2, 0.25) is 0 Å². The largest absolute Gasteiger partial charge is 0.490 e. The lowest BCUT2D eigenvalue weighted by Crippen LogP contribution is -2.27. The van der Waals surface area contributed by atoms with E-state index in [0.29, 0.717) is 24.5 Å². The average molecular weight is 469 g/mol. The average Bonchev–Trinajstić information content (AvgIpc) is 3.02. The number of ether oxygens (including phenoxy) is 2. The molecule has 0 unspecified atom stereocenters. The number of benzene rings is 3. The van der Waals surface area contributed by atoms with Gasteiger partial charge in [-0.2, -0.15) is 0 Å². The molecule has 0 saturated heterocycles. The number of allylic oxidation sites excluding steroid dienone is 1. The van der Waals surface area contributed by atoms with E-state index in [1.807, 2.05) is 61.5 Å². The summed E-state index contributed by atoms with van der Waals surface area (Å²) in [6.45, 7) is 3.66. The molecule has 178 valence electrons. The molecule has 2 atom stereocenters. The summed E-state index contributed by atoms with van der Waals surface area (Å²) in [7, 11) is 0. The first-order chi connectivity index (χ1) is 17.0. The van der Waals surface area contributed by atoms with Crippen molar-refractivity contribution in [3.63, 3.8) is 0 Å². The minimum absolute atomic E-state index is 0.111. The Hall–Kier alpha value is -4.06. The van der Waals surface area contributed by atoms with Gasteiger partial charge < -0.3 is 20.1 Å². The van der Waals surface area contributed by atoms with E-state index < -0.39 is 5.97 Å². The molecule has 1 heterocycles. The summed E-state index contributed by atoms with van der Waals surface area (Å²) in [5, 5.41) is 7.15. The van der Waals surface area contributed by atoms with E-state index in [1.165, 1.54) is 12.5 Å². The van der Waals surface area contributed by atoms with Crippen molar-refractivity contribution in [3.8, 4) is 11.5 Å². The van der Waals surface area contributed by atoms with Crippen LogP contribution in [0.3, 0.4) is 0 Å². The number of anilines is 2. The fourth-order valence-electron chi connectivity index (χ4n) is 4.91. The Morgan fingerprint density at radius 1 is 0.914 bits per heavy atom. The molecule has 3 aromatic rings. The normalized spacial score (nSPS) is 19.0. The SMILES string of the molecule is CCOc1cc([C@H]2Nc3ccccc3NC3=C2C(=O)C[C@H](c2ccccc2)C3)ccc1OC(C)=O. The smallest absolute Gasteiger partial charge is 0.308 e. The Balaban J connectivity index is 1.60. The van der Waals surface area contributed by atoms with Crippen molar-refractivity contribution < 1.29 is 19.1 Å². The predicted molar refractivity (Wildman–Crippen MR) is 136 cm³/mol. The fourth-order valence-corrected chi connectivity index (χ4v) is 4.91. The minimum Gasteiger partial charge on any atom is -0.490 e. The van der Waals surface area contributed by atoms with Crippen LogP contribution in [0.25, 0.3) is 0 Å². The number of fused-ring (bicyclic) bond motifs is 1. The lowest BCUT2D eigenvalue weighted by Gasteiger charge is -2.30. The lowest BCUT2D eigenvalue weighted by molar-refractivity contribution is -0.132. The molecule has 0 aromatic heterocycles. The van der Waals surface area contributed by atoms with Crippen molar-refractivity contribution in [3.05, 3.63) is 95.2 Å². The number of nitrogens with one attached hydrogen (secondary N) is 2. The van der Waals surface area contributed by atoms with Crippen LogP contribution in [-0.4, -0.2) is 18.4 Å². The molecule has 2 aliphatic rings. The molecule has 1 aliphatic heterocycles. The molecule has 0 amide bonds. The van der Waals surface area contributed by atoms with Crippen LogP contribution in [0.5, 0.6) is 11.5 Å². The summed E-state index contributed by atoms with van der Waals surface area (Å²) < 4.78 is 11.1. The Kier molecular flexibility index (Phi) is 6.27. The highest BCUT2D eigenvalue weighted by atomic mass is 16.6. The van der Waals surface area contributed by atoms with Gasteiger partial charge in [-0.15, -0.1) is 0 Å². The topological polar surface area (TPSA) is 76.7 Å². The zero-order valence-electron chi connectivity index (χ0n) is 19.8. The molecule has 1 aliphatic carbocycles. The first-order valence-electron chi connectivity index (χ1n) is 11.9. The third-order valence-electron chi connectivity index (χ3n) is 6.43. The number of hydrogen-bond donors (Lipinski definition) is 2. The van der Waals surface area contributed by atoms with Crippen LogP contribution >= 0.6 is 0 Å². The Labute approximate surface area is 205 Å². The van der Waals surface area contributed by atoms with Crippen molar-refractivity contribution in [1.82, 2.24) is 0 Å². The predicted octanol–water partition coefficient (Wildman–Crippen LogP) is 5.99. The summed E-state index contributed by atoms with van der Waals surface area (Å²) in [5.41, 5.74) is 5.54. The Morgan fingerprint density at radius 2 is 1.66 bits per heavy atom. The molecule has 0 radical (unpaired) electrons. The first-order valence-corrected chi connectivity index (χ1v) is 11.9. The summed E-state index contributed by atoms with van der Waals surface area (Å²) in [4.78, 5) is 25.3. The van der Waals surface area contributed by atoms with Gasteiger partial charge >= 0.3 is 5.97 Å². The maximum absolute atomic E-state index is 13.7. The van der Waals surface area contributed by atoms with Gasteiger partial charge in [0, 0.05) is 24.6 Å². The van der Waals surface area contributed by atoms with Gasteiger partial charge in [-0.25, -0.2) is 0 Å². The van der Waals surface area contributed by atoms with E-state index in [9.17, 15) is 9.59 Å². The fraction of sp³-hybridized carbons (Fsp3) is 0.241. The highest BCUT2D eigenvalue weighted by molar-refractivity contribution is 6.01. The number of para-hydroxylation sites is 2. The van der Waals surface area contributed by atoms with E-state index >= 15 is 0 Å². The number of hydrogen-bond acceptors (Lipinski definition) is 6. The quantitative estimate of drug-likeness (QED) is 0.354. The van der Waals surface area contributed by atoms with Gasteiger partial charge in [-0.1, -0.05) is 48.5 Å². The van der Waals surface area contributed by atoms with Crippen LogP contribution in [0.2, 0.25) is 0 Å². The van der Waals surface area contributed by atoms with E-state index in [0.717, 1.165) is 34.6 Å². The van der Waals surface area contributed by atoms with Crippen molar-refractivity contribution >= 4 is 23.1 Å². The second-order valence-corrected chi connectivity index (χ2v) is 8.81. The van der Waals surface area contributed by atoms with E-state index in [2.05, 4.69) is 22.8 Å². The van der Waals surface area contributed by atoms with Gasteiger partial charge in [0.15, 0.2) is 17.3 Å². The molecule has 0 spiro atoms. The van der Waals surface area contributed by atoms with Gasteiger partial charge in [-0.05, 0) is 54.7 Å². The van der Waals surface area contributed by atoms with Crippen LogP contribution in [-0.2, 0) is 9.59 Å². The molecule has 35 heavy (non-hydrogen) atoms. The van der Waals surface area contributed by atoms with Crippen LogP contribution in [0, 0.1) is 0 Å². The summed E-state index contributed by atoms with van der Waals surface area (Å²) in [6.07, 6.45) is 1.18. The number of esters is 1. The van der Waals surface area contributed by atoms with E-state index in [-0.39, 0.29) is 17.7 Å². The minimum atomic E-state index is -0.413. The second-order valence-electron chi connectivity index (χ2n) is 8.81. The molecule has 0 bridgehead atoms. The molecular formula is C29H28N2O4. The molecule has 6 nitrogen and oxygen atoms in total. The number of carbonyl (C=O) groups is 2. The van der Waals surface area contributed by atoms with Crippen LogP contribution in [0.4, 0.5) is 11.4 Å². The highest BCUT2D eigenvalue weighted by Crippen LogP contribution is 2.45. The molecular weight excluding hydrogens is 440 g/mol. The lowest BCUT2D eigenvalue weighted by atomic mass is 9.78. The summed E-state index contributed by atoms with van der Waals surface area (Å²) in [6, 6.07) is 23.3. The number of carbonyl (C=O) groups excluding carboxylic acids is 2. The van der Waals surface area contributed by atoms with Crippen molar-refractivity contribution in [1.29, 1.82) is 0 Å². The number of ketones is 1. The zero-order chi connectivity index (χ0) is 24.4. The van der Waals surface area contributed by atoms with Gasteiger partial charge in [-0.3, -0.25) is 9.59 Å². The monoisotopic (exact) mass is 468 g/mol. The summed E-state index contributed by atoms with van der Waals surface area (Å²) in [5.74, 6) is 0.651. The number of Topliss-reactive ketones (excluding diaryl/α,β-unsaturated/α-hetero) is 1. The van der Waals surface area contributed by atoms with E-state index in [4.69, 9.17) is 9.47 Å². The second kappa shape index (κ2) is 9.66. The Bertz CT molecular complexity index is 1300. The first kappa shape index (κ1) is 22.7. The standard InChI is InChI=1S/C29H28N2O4/c1-3-34-27-17-20(13-14-26(27)35-18(2)32)29-28-24(30-22-11-7-8-12-23(22)31-29)15-21(16-25(28)33)19-9-5-4-6-10-19/h4-14,17,21,29-31H,3,15-16H2,1-2H3/t21-,29-/m1/s1. The molecule has 0 fully saturated rings.